The van der Waals surface area contributed by atoms with Crippen molar-refractivity contribution < 1.29 is 14.3 Å². The number of carbonyl (C=O) groups excluding carboxylic acids is 2. The lowest BCUT2D eigenvalue weighted by molar-refractivity contribution is -0.138. The first-order valence-electron chi connectivity index (χ1n) is 7.12. The Hall–Kier alpha value is -2.30. The van der Waals surface area contributed by atoms with Crippen molar-refractivity contribution in [2.45, 2.75) is 33.2 Å². The lowest BCUT2D eigenvalue weighted by atomic mass is 9.96. The lowest BCUT2D eigenvalue weighted by Crippen LogP contribution is -2.49. The van der Waals surface area contributed by atoms with Crippen LogP contribution in [0, 0.1) is 6.92 Å². The van der Waals surface area contributed by atoms with E-state index in [4.69, 9.17) is 4.74 Å². The molecule has 0 radical (unpaired) electrons. The van der Waals surface area contributed by atoms with Crippen molar-refractivity contribution in [1.29, 1.82) is 0 Å². The molecule has 1 unspecified atom stereocenters. The van der Waals surface area contributed by atoms with Gasteiger partial charge in [0.1, 0.15) is 0 Å². The van der Waals surface area contributed by atoms with E-state index in [0.717, 1.165) is 11.1 Å². The highest BCUT2D eigenvalue weighted by Gasteiger charge is 2.31. The molecular formula is C16H20N2O3. The standard InChI is InChI=1S/C16H20N2O3/c1-4-12-13(15(19)21-5-2)14(18-16(20)17-12)11-8-6-10(3)7-9-11/h6-9,12H,4-5H2,1-3H3,(H2,17,18,20). The van der Waals surface area contributed by atoms with Gasteiger partial charge in [0, 0.05) is 0 Å². The van der Waals surface area contributed by atoms with E-state index in [2.05, 4.69) is 10.6 Å². The molecule has 0 spiro atoms. The van der Waals surface area contributed by atoms with Crippen LogP contribution in [-0.4, -0.2) is 24.6 Å². The van der Waals surface area contributed by atoms with Crippen LogP contribution in [0.1, 0.15) is 31.4 Å². The SMILES string of the molecule is CCOC(=O)C1=C(c2ccc(C)cc2)NC(=O)NC1CC. The van der Waals surface area contributed by atoms with Gasteiger partial charge >= 0.3 is 12.0 Å². The molecule has 0 saturated heterocycles. The van der Waals surface area contributed by atoms with Gasteiger partial charge in [-0.25, -0.2) is 9.59 Å². The average molecular weight is 288 g/mol. The van der Waals surface area contributed by atoms with Gasteiger partial charge in [0.05, 0.1) is 23.9 Å². The molecular weight excluding hydrogens is 268 g/mol. The number of hydrogen-bond donors (Lipinski definition) is 2. The Morgan fingerprint density at radius 3 is 2.48 bits per heavy atom. The van der Waals surface area contributed by atoms with Crippen LogP contribution >= 0.6 is 0 Å². The first-order valence-corrected chi connectivity index (χ1v) is 7.12. The quantitative estimate of drug-likeness (QED) is 0.836. The molecule has 5 heteroatoms. The van der Waals surface area contributed by atoms with Gasteiger partial charge in [-0.1, -0.05) is 36.8 Å². The van der Waals surface area contributed by atoms with Crippen molar-refractivity contribution in [2.75, 3.05) is 6.61 Å². The largest absolute Gasteiger partial charge is 0.463 e. The molecule has 2 amide bonds. The molecule has 0 saturated carbocycles. The van der Waals surface area contributed by atoms with Crippen LogP contribution < -0.4 is 10.6 Å². The van der Waals surface area contributed by atoms with Gasteiger partial charge in [0.25, 0.3) is 0 Å². The Morgan fingerprint density at radius 1 is 1.24 bits per heavy atom. The van der Waals surface area contributed by atoms with Crippen LogP contribution in [0.5, 0.6) is 0 Å². The van der Waals surface area contributed by atoms with Crippen molar-refractivity contribution in [3.8, 4) is 0 Å². The molecule has 1 aromatic rings. The van der Waals surface area contributed by atoms with Crippen LogP contribution in [0.2, 0.25) is 0 Å². The minimum Gasteiger partial charge on any atom is -0.463 e. The molecule has 5 nitrogen and oxygen atoms in total. The molecule has 2 N–H and O–H groups in total. The Kier molecular flexibility index (Phi) is 4.62. The molecule has 0 aliphatic carbocycles. The minimum absolute atomic E-state index is 0.299. The first-order chi connectivity index (χ1) is 10.1. The second-order valence-corrected chi connectivity index (χ2v) is 4.93. The molecule has 2 rings (SSSR count). The number of urea groups is 1. The maximum absolute atomic E-state index is 12.3. The Balaban J connectivity index is 2.52. The average Bonchev–Trinajstić information content (AvgIpc) is 2.47. The summed E-state index contributed by atoms with van der Waals surface area (Å²) in [7, 11) is 0. The summed E-state index contributed by atoms with van der Waals surface area (Å²) in [4.78, 5) is 24.1. The maximum atomic E-state index is 12.3. The van der Waals surface area contributed by atoms with Crippen LogP contribution in [0.4, 0.5) is 4.79 Å². The van der Waals surface area contributed by atoms with E-state index in [-0.39, 0.29) is 12.1 Å². The van der Waals surface area contributed by atoms with Crippen molar-refractivity contribution in [2.24, 2.45) is 0 Å². The van der Waals surface area contributed by atoms with Gasteiger partial charge in [-0.05, 0) is 25.8 Å². The number of hydrogen-bond acceptors (Lipinski definition) is 3. The summed E-state index contributed by atoms with van der Waals surface area (Å²) in [5.41, 5.74) is 2.92. The number of amides is 2. The highest BCUT2D eigenvalue weighted by atomic mass is 16.5. The third-order valence-corrected chi connectivity index (χ3v) is 3.41. The van der Waals surface area contributed by atoms with E-state index in [1.165, 1.54) is 0 Å². The molecule has 1 aromatic carbocycles. The number of esters is 1. The van der Waals surface area contributed by atoms with Gasteiger partial charge in [0.15, 0.2) is 0 Å². The second kappa shape index (κ2) is 6.43. The molecule has 0 bridgehead atoms. The number of aryl methyl sites for hydroxylation is 1. The Morgan fingerprint density at radius 2 is 1.90 bits per heavy atom. The zero-order chi connectivity index (χ0) is 15.4. The van der Waals surface area contributed by atoms with Crippen LogP contribution in [-0.2, 0) is 9.53 Å². The van der Waals surface area contributed by atoms with Gasteiger partial charge in [-0.3, -0.25) is 0 Å². The van der Waals surface area contributed by atoms with E-state index in [9.17, 15) is 9.59 Å². The van der Waals surface area contributed by atoms with E-state index in [0.29, 0.717) is 24.3 Å². The number of rotatable bonds is 4. The number of nitrogens with one attached hydrogen (secondary N) is 2. The fourth-order valence-corrected chi connectivity index (χ4v) is 2.33. The van der Waals surface area contributed by atoms with Crippen molar-refractivity contribution >= 4 is 17.7 Å². The minimum atomic E-state index is -0.396. The Bertz CT molecular complexity index is 576. The molecule has 112 valence electrons. The van der Waals surface area contributed by atoms with Gasteiger partial charge in [-0.2, -0.15) is 0 Å². The molecule has 0 aromatic heterocycles. The fourth-order valence-electron chi connectivity index (χ4n) is 2.33. The summed E-state index contributed by atoms with van der Waals surface area (Å²) >= 11 is 0. The molecule has 1 aliphatic rings. The van der Waals surface area contributed by atoms with Crippen molar-refractivity contribution in [1.82, 2.24) is 10.6 Å². The molecule has 21 heavy (non-hydrogen) atoms. The number of carbonyl (C=O) groups is 2. The highest BCUT2D eigenvalue weighted by molar-refractivity contribution is 6.04. The molecule has 0 fully saturated rings. The summed E-state index contributed by atoms with van der Waals surface area (Å²) in [6, 6.07) is 7.03. The van der Waals surface area contributed by atoms with Crippen LogP contribution in [0.3, 0.4) is 0 Å². The third kappa shape index (κ3) is 3.24. The van der Waals surface area contributed by atoms with Crippen molar-refractivity contribution in [3.05, 3.63) is 41.0 Å². The predicted octanol–water partition coefficient (Wildman–Crippen LogP) is 2.36. The van der Waals surface area contributed by atoms with Crippen LogP contribution in [0.15, 0.2) is 29.8 Å². The van der Waals surface area contributed by atoms with E-state index >= 15 is 0 Å². The first kappa shape index (κ1) is 15.1. The zero-order valence-corrected chi connectivity index (χ0v) is 12.5. The third-order valence-electron chi connectivity index (χ3n) is 3.41. The van der Waals surface area contributed by atoms with Crippen LogP contribution in [0.25, 0.3) is 5.70 Å². The molecule has 1 atom stereocenters. The second-order valence-electron chi connectivity index (χ2n) is 4.93. The van der Waals surface area contributed by atoms with Crippen molar-refractivity contribution in [3.63, 3.8) is 0 Å². The lowest BCUT2D eigenvalue weighted by Gasteiger charge is -2.28. The summed E-state index contributed by atoms with van der Waals surface area (Å²) in [5, 5.41) is 5.49. The topological polar surface area (TPSA) is 67.4 Å². The van der Waals surface area contributed by atoms with Gasteiger partial charge < -0.3 is 15.4 Å². The maximum Gasteiger partial charge on any atom is 0.338 e. The fraction of sp³-hybridized carbons (Fsp3) is 0.375. The molecule has 1 heterocycles. The summed E-state index contributed by atoms with van der Waals surface area (Å²) in [6.07, 6.45) is 0.622. The smallest absolute Gasteiger partial charge is 0.338 e. The molecule has 1 aliphatic heterocycles. The zero-order valence-electron chi connectivity index (χ0n) is 12.5. The van der Waals surface area contributed by atoms with E-state index in [1.807, 2.05) is 38.1 Å². The van der Waals surface area contributed by atoms with E-state index < -0.39 is 5.97 Å². The summed E-state index contributed by atoms with van der Waals surface area (Å²) in [6.45, 7) is 5.97. The highest BCUT2D eigenvalue weighted by Crippen LogP contribution is 2.24. The monoisotopic (exact) mass is 288 g/mol. The summed E-state index contributed by atoms with van der Waals surface area (Å²) in [5.74, 6) is -0.396. The van der Waals surface area contributed by atoms with Gasteiger partial charge in [0.2, 0.25) is 0 Å². The summed E-state index contributed by atoms with van der Waals surface area (Å²) < 4.78 is 5.14. The van der Waals surface area contributed by atoms with Gasteiger partial charge in [-0.15, -0.1) is 0 Å². The number of benzene rings is 1. The predicted molar refractivity (Wildman–Crippen MR) is 80.5 cm³/mol. The Labute approximate surface area is 124 Å². The van der Waals surface area contributed by atoms with E-state index in [1.54, 1.807) is 6.92 Å². The number of ether oxygens (including phenoxy) is 1. The normalized spacial score (nSPS) is 18.0.